The number of aldehydes is 1. The lowest BCUT2D eigenvalue weighted by molar-refractivity contribution is -0.108. The molecule has 1 aliphatic heterocycles. The van der Waals surface area contributed by atoms with E-state index in [1.807, 2.05) is 12.1 Å². The van der Waals surface area contributed by atoms with Gasteiger partial charge in [-0.2, -0.15) is 0 Å². The van der Waals surface area contributed by atoms with E-state index in [9.17, 15) is 4.79 Å². The van der Waals surface area contributed by atoms with Crippen LogP contribution in [0.4, 0.5) is 0 Å². The SMILES string of the molecule is CC(C)(C)[Si](C)(C)OC[C@@H](O[Si](c1ccccc1)(c1ccccc1)C(C)(C)C)[C@@H]1O[C@@H]1C=O. The van der Waals surface area contributed by atoms with Crippen LogP contribution in [-0.4, -0.2) is 47.8 Å². The Balaban J connectivity index is 2.07. The van der Waals surface area contributed by atoms with Crippen LogP contribution >= 0.6 is 0 Å². The second-order valence-electron chi connectivity index (χ2n) is 11.6. The Morgan fingerprint density at radius 2 is 1.36 bits per heavy atom. The molecule has 0 spiro atoms. The molecule has 0 amide bonds. The van der Waals surface area contributed by atoms with Crippen molar-refractivity contribution in [3.05, 3.63) is 60.7 Å². The number of rotatable bonds is 9. The highest BCUT2D eigenvalue weighted by atomic mass is 28.4. The molecule has 33 heavy (non-hydrogen) atoms. The number of hydrogen-bond donors (Lipinski definition) is 0. The maximum atomic E-state index is 11.5. The van der Waals surface area contributed by atoms with Gasteiger partial charge in [0.2, 0.25) is 0 Å². The van der Waals surface area contributed by atoms with Gasteiger partial charge in [0.25, 0.3) is 8.32 Å². The summed E-state index contributed by atoms with van der Waals surface area (Å²) >= 11 is 0. The van der Waals surface area contributed by atoms with Crippen LogP contribution in [0.5, 0.6) is 0 Å². The number of carbonyl (C=O) groups excluding carboxylic acids is 1. The van der Waals surface area contributed by atoms with Crippen molar-refractivity contribution in [1.29, 1.82) is 0 Å². The Morgan fingerprint density at radius 1 is 0.879 bits per heavy atom. The highest BCUT2D eigenvalue weighted by molar-refractivity contribution is 6.99. The molecule has 1 heterocycles. The van der Waals surface area contributed by atoms with E-state index in [1.165, 1.54) is 10.4 Å². The van der Waals surface area contributed by atoms with Gasteiger partial charge in [0.05, 0.1) is 12.7 Å². The van der Waals surface area contributed by atoms with Crippen molar-refractivity contribution >= 4 is 33.3 Å². The van der Waals surface area contributed by atoms with Crippen LogP contribution in [0, 0.1) is 0 Å². The molecular weight excluding hydrogens is 444 g/mol. The van der Waals surface area contributed by atoms with Crippen LogP contribution in [0.25, 0.3) is 0 Å². The second-order valence-corrected chi connectivity index (χ2v) is 20.7. The van der Waals surface area contributed by atoms with E-state index in [-0.39, 0.29) is 22.3 Å². The smallest absolute Gasteiger partial charge is 0.261 e. The van der Waals surface area contributed by atoms with Crippen molar-refractivity contribution in [1.82, 2.24) is 0 Å². The third-order valence-electron chi connectivity index (χ3n) is 7.22. The molecule has 0 saturated carbocycles. The first-order chi connectivity index (χ1) is 15.3. The monoisotopic (exact) mass is 484 g/mol. The summed E-state index contributed by atoms with van der Waals surface area (Å²) in [4.78, 5) is 11.5. The van der Waals surface area contributed by atoms with E-state index in [1.54, 1.807) is 0 Å². The van der Waals surface area contributed by atoms with Gasteiger partial charge in [-0.1, -0.05) is 102 Å². The van der Waals surface area contributed by atoms with Crippen molar-refractivity contribution in [2.75, 3.05) is 6.61 Å². The predicted octanol–water partition coefficient (Wildman–Crippen LogP) is 4.92. The molecule has 0 unspecified atom stereocenters. The highest BCUT2D eigenvalue weighted by Gasteiger charge is 2.56. The van der Waals surface area contributed by atoms with Gasteiger partial charge < -0.3 is 18.4 Å². The fraction of sp³-hybridized carbons (Fsp3) is 0.519. The van der Waals surface area contributed by atoms with E-state index < -0.39 is 22.7 Å². The Morgan fingerprint density at radius 3 is 1.73 bits per heavy atom. The minimum absolute atomic E-state index is 0.0867. The number of hydrogen-bond acceptors (Lipinski definition) is 4. The van der Waals surface area contributed by atoms with Gasteiger partial charge in [0.15, 0.2) is 14.6 Å². The van der Waals surface area contributed by atoms with Crippen LogP contribution in [-0.2, 0) is 18.4 Å². The van der Waals surface area contributed by atoms with Crippen molar-refractivity contribution < 1.29 is 18.4 Å². The van der Waals surface area contributed by atoms with Gasteiger partial charge in [0, 0.05) is 0 Å². The summed E-state index contributed by atoms with van der Waals surface area (Å²) in [7, 11) is -4.79. The predicted molar refractivity (Wildman–Crippen MR) is 140 cm³/mol. The van der Waals surface area contributed by atoms with Gasteiger partial charge in [-0.05, 0) is 33.5 Å². The van der Waals surface area contributed by atoms with E-state index in [0.717, 1.165) is 6.29 Å². The Kier molecular flexibility index (Phi) is 7.56. The zero-order valence-electron chi connectivity index (χ0n) is 21.4. The first-order valence-corrected chi connectivity index (χ1v) is 16.7. The Labute approximate surface area is 201 Å². The molecule has 0 aliphatic carbocycles. The Hall–Kier alpha value is -1.58. The van der Waals surface area contributed by atoms with E-state index >= 15 is 0 Å². The fourth-order valence-electron chi connectivity index (χ4n) is 4.17. The van der Waals surface area contributed by atoms with Crippen LogP contribution in [0.1, 0.15) is 41.5 Å². The zero-order valence-corrected chi connectivity index (χ0v) is 23.4. The highest BCUT2D eigenvalue weighted by Crippen LogP contribution is 2.41. The van der Waals surface area contributed by atoms with Crippen molar-refractivity contribution in [3.8, 4) is 0 Å². The molecular formula is C27H40O4Si2. The summed E-state index contributed by atoms with van der Waals surface area (Å²) in [5, 5.41) is 2.36. The molecule has 2 aromatic rings. The minimum Gasteiger partial charge on any atom is -0.414 e. The number of epoxide rings is 1. The van der Waals surface area contributed by atoms with Gasteiger partial charge in [0.1, 0.15) is 12.2 Å². The number of ether oxygens (including phenoxy) is 1. The van der Waals surface area contributed by atoms with E-state index in [2.05, 4.69) is 103 Å². The van der Waals surface area contributed by atoms with Gasteiger partial charge >= 0.3 is 0 Å². The molecule has 4 nitrogen and oxygen atoms in total. The first-order valence-electron chi connectivity index (χ1n) is 11.9. The molecule has 2 aromatic carbocycles. The van der Waals surface area contributed by atoms with E-state index in [4.69, 9.17) is 13.6 Å². The molecule has 180 valence electrons. The standard InChI is InChI=1S/C27H40O4Si2/c1-26(2,3)32(7,8)29-20-24(25-23(19-28)30-25)31-33(27(4,5)6,21-15-11-9-12-16-21)22-17-13-10-14-18-22/h9-19,23-25H,20H2,1-8H3/t23-,24-,25-/m1/s1. The molecule has 0 aromatic heterocycles. The summed E-state index contributed by atoms with van der Waals surface area (Å²) < 4.78 is 19.7. The van der Waals surface area contributed by atoms with Crippen LogP contribution in [0.15, 0.2) is 60.7 Å². The molecule has 0 N–H and O–H groups in total. The average Bonchev–Trinajstić information content (AvgIpc) is 3.53. The molecule has 1 fully saturated rings. The molecule has 3 rings (SSSR count). The number of benzene rings is 2. The average molecular weight is 485 g/mol. The van der Waals surface area contributed by atoms with Crippen LogP contribution < -0.4 is 10.4 Å². The zero-order chi connectivity index (χ0) is 24.5. The lowest BCUT2D eigenvalue weighted by Crippen LogP contribution is -2.68. The van der Waals surface area contributed by atoms with Gasteiger partial charge in [-0.3, -0.25) is 0 Å². The summed E-state index contributed by atoms with van der Waals surface area (Å²) in [6, 6.07) is 21.1. The third-order valence-corrected chi connectivity index (χ3v) is 16.8. The second kappa shape index (κ2) is 9.58. The normalized spacial score (nSPS) is 20.4. The summed E-state index contributed by atoms with van der Waals surface area (Å²) in [6.07, 6.45) is -0.121. The first kappa shape index (κ1) is 26.0. The topological polar surface area (TPSA) is 48.1 Å². The minimum atomic E-state index is -2.78. The van der Waals surface area contributed by atoms with E-state index in [0.29, 0.717) is 6.61 Å². The van der Waals surface area contributed by atoms with Crippen molar-refractivity contribution in [2.24, 2.45) is 0 Å². The summed E-state index contributed by atoms with van der Waals surface area (Å²) in [6.45, 7) is 18.4. The van der Waals surface area contributed by atoms with Crippen molar-refractivity contribution in [2.45, 2.75) is 83.0 Å². The quantitative estimate of drug-likeness (QED) is 0.288. The summed E-state index contributed by atoms with van der Waals surface area (Å²) in [5.41, 5.74) is 0. The number of carbonyl (C=O) groups is 1. The van der Waals surface area contributed by atoms with Crippen molar-refractivity contribution in [3.63, 3.8) is 0 Å². The van der Waals surface area contributed by atoms with Gasteiger partial charge in [-0.15, -0.1) is 0 Å². The molecule has 0 radical (unpaired) electrons. The van der Waals surface area contributed by atoms with Gasteiger partial charge in [-0.25, -0.2) is 0 Å². The molecule has 0 bridgehead atoms. The molecule has 1 aliphatic rings. The largest absolute Gasteiger partial charge is 0.414 e. The molecule has 1 saturated heterocycles. The fourth-order valence-corrected chi connectivity index (χ4v) is 9.85. The Bertz CT molecular complexity index is 877. The van der Waals surface area contributed by atoms with Crippen LogP contribution in [0.2, 0.25) is 23.2 Å². The third kappa shape index (κ3) is 5.41. The summed E-state index contributed by atoms with van der Waals surface area (Å²) in [5.74, 6) is 0. The maximum absolute atomic E-state index is 11.5. The molecule has 6 heteroatoms. The lowest BCUT2D eigenvalue weighted by Gasteiger charge is -2.45. The van der Waals surface area contributed by atoms with Crippen LogP contribution in [0.3, 0.4) is 0 Å². The lowest BCUT2D eigenvalue weighted by atomic mass is 10.2. The molecule has 3 atom stereocenters. The maximum Gasteiger partial charge on any atom is 0.261 e.